The number of halogens is 1. The van der Waals surface area contributed by atoms with E-state index in [2.05, 4.69) is 74.7 Å². The molecule has 0 saturated carbocycles. The SMILES string of the molecule is CCNC(Cc1ccc(C)cc1Cl)C1CSC(C)C(C)S1. The minimum atomic E-state index is 0.502. The van der Waals surface area contributed by atoms with E-state index in [9.17, 15) is 0 Å². The number of thioether (sulfide) groups is 2. The molecule has 1 fully saturated rings. The molecule has 0 radical (unpaired) electrons. The van der Waals surface area contributed by atoms with Gasteiger partial charge in [0.2, 0.25) is 0 Å². The van der Waals surface area contributed by atoms with Gasteiger partial charge in [-0.3, -0.25) is 0 Å². The summed E-state index contributed by atoms with van der Waals surface area (Å²) < 4.78 is 0. The van der Waals surface area contributed by atoms with E-state index in [4.69, 9.17) is 11.6 Å². The van der Waals surface area contributed by atoms with Crippen LogP contribution >= 0.6 is 35.1 Å². The van der Waals surface area contributed by atoms with Gasteiger partial charge in [-0.05, 0) is 37.1 Å². The summed E-state index contributed by atoms with van der Waals surface area (Å²) in [4.78, 5) is 0. The molecule has 2 rings (SSSR count). The second kappa shape index (κ2) is 8.14. The number of benzene rings is 1. The molecule has 1 aromatic carbocycles. The predicted octanol–water partition coefficient (Wildman–Crippen LogP) is 4.79. The fraction of sp³-hybridized carbons (Fsp3) is 0.647. The molecule has 21 heavy (non-hydrogen) atoms. The zero-order valence-corrected chi connectivity index (χ0v) is 15.7. The molecule has 1 aromatic rings. The van der Waals surface area contributed by atoms with E-state index in [1.165, 1.54) is 16.9 Å². The number of likely N-dealkylation sites (N-methyl/N-ethyl adjacent to an activating group) is 1. The third kappa shape index (κ3) is 4.82. The Labute approximate surface area is 143 Å². The van der Waals surface area contributed by atoms with E-state index in [0.29, 0.717) is 11.3 Å². The third-order valence-corrected chi connectivity index (χ3v) is 8.04. The number of rotatable bonds is 5. The minimum absolute atomic E-state index is 0.502. The van der Waals surface area contributed by atoms with Gasteiger partial charge in [-0.1, -0.05) is 44.5 Å². The van der Waals surface area contributed by atoms with Crippen LogP contribution in [0.4, 0.5) is 0 Å². The van der Waals surface area contributed by atoms with Crippen molar-refractivity contribution in [2.45, 2.75) is 55.9 Å². The van der Waals surface area contributed by atoms with Crippen LogP contribution in [-0.4, -0.2) is 34.1 Å². The first-order valence-electron chi connectivity index (χ1n) is 7.76. The van der Waals surface area contributed by atoms with Crippen LogP contribution in [0.3, 0.4) is 0 Å². The maximum absolute atomic E-state index is 6.42. The molecule has 0 aromatic heterocycles. The van der Waals surface area contributed by atoms with Crippen LogP contribution in [-0.2, 0) is 6.42 Å². The van der Waals surface area contributed by atoms with Crippen molar-refractivity contribution in [2.24, 2.45) is 0 Å². The van der Waals surface area contributed by atoms with Crippen LogP contribution in [0, 0.1) is 6.92 Å². The molecule has 1 aliphatic rings. The molecule has 1 heterocycles. The maximum Gasteiger partial charge on any atom is 0.0441 e. The van der Waals surface area contributed by atoms with Crippen molar-refractivity contribution in [3.8, 4) is 0 Å². The monoisotopic (exact) mass is 343 g/mol. The standard InChI is InChI=1S/C17H26ClNS2/c1-5-19-16(17-10-20-12(3)13(4)21-17)9-14-7-6-11(2)8-15(14)18/h6-8,12-13,16-17,19H,5,9-10H2,1-4H3. The summed E-state index contributed by atoms with van der Waals surface area (Å²) in [7, 11) is 0. The van der Waals surface area contributed by atoms with Gasteiger partial charge in [-0.15, -0.1) is 0 Å². The summed E-state index contributed by atoms with van der Waals surface area (Å²) in [6, 6.07) is 6.93. The first-order valence-corrected chi connectivity index (χ1v) is 10.1. The lowest BCUT2D eigenvalue weighted by Gasteiger charge is -2.36. The van der Waals surface area contributed by atoms with Gasteiger partial charge in [-0.25, -0.2) is 0 Å². The van der Waals surface area contributed by atoms with Gasteiger partial charge >= 0.3 is 0 Å². The molecule has 0 amide bonds. The molecule has 4 unspecified atom stereocenters. The molecule has 1 aliphatic heterocycles. The zero-order chi connectivity index (χ0) is 15.4. The van der Waals surface area contributed by atoms with Crippen LogP contribution in [0.15, 0.2) is 18.2 Å². The lowest BCUT2D eigenvalue weighted by molar-refractivity contribution is 0.520. The first-order chi connectivity index (χ1) is 10.0. The third-order valence-electron chi connectivity index (χ3n) is 4.14. The Morgan fingerprint density at radius 2 is 2.10 bits per heavy atom. The molecule has 1 N–H and O–H groups in total. The summed E-state index contributed by atoms with van der Waals surface area (Å²) in [6.07, 6.45) is 1.02. The maximum atomic E-state index is 6.42. The summed E-state index contributed by atoms with van der Waals surface area (Å²) in [5, 5.41) is 6.75. The Bertz CT molecular complexity index is 466. The fourth-order valence-corrected chi connectivity index (χ4v) is 6.11. The van der Waals surface area contributed by atoms with Gasteiger partial charge < -0.3 is 5.32 Å². The van der Waals surface area contributed by atoms with Crippen molar-refractivity contribution in [1.82, 2.24) is 5.32 Å². The van der Waals surface area contributed by atoms with Crippen molar-refractivity contribution in [2.75, 3.05) is 12.3 Å². The molecule has 1 saturated heterocycles. The molecule has 4 heteroatoms. The average molecular weight is 344 g/mol. The lowest BCUT2D eigenvalue weighted by Crippen LogP contribution is -2.44. The van der Waals surface area contributed by atoms with E-state index in [1.54, 1.807) is 0 Å². The van der Waals surface area contributed by atoms with Crippen molar-refractivity contribution in [1.29, 1.82) is 0 Å². The lowest BCUT2D eigenvalue weighted by atomic mass is 10.0. The van der Waals surface area contributed by atoms with Gasteiger partial charge in [0.15, 0.2) is 0 Å². The summed E-state index contributed by atoms with van der Waals surface area (Å²) in [6.45, 7) is 10.00. The highest BCUT2D eigenvalue weighted by Gasteiger charge is 2.31. The fourth-order valence-electron chi connectivity index (χ4n) is 2.67. The highest BCUT2D eigenvalue weighted by molar-refractivity contribution is 8.07. The van der Waals surface area contributed by atoms with Gasteiger partial charge in [0.1, 0.15) is 0 Å². The van der Waals surface area contributed by atoms with Crippen molar-refractivity contribution >= 4 is 35.1 Å². The van der Waals surface area contributed by atoms with Crippen LogP contribution in [0.25, 0.3) is 0 Å². The number of hydrogen-bond acceptors (Lipinski definition) is 3. The van der Waals surface area contributed by atoms with Crippen molar-refractivity contribution < 1.29 is 0 Å². The molecule has 0 spiro atoms. The summed E-state index contributed by atoms with van der Waals surface area (Å²) >= 11 is 10.7. The van der Waals surface area contributed by atoms with Gasteiger partial charge in [0.05, 0.1) is 0 Å². The van der Waals surface area contributed by atoms with E-state index < -0.39 is 0 Å². The summed E-state index contributed by atoms with van der Waals surface area (Å²) in [5.74, 6) is 1.23. The number of nitrogens with one attached hydrogen (secondary N) is 1. The summed E-state index contributed by atoms with van der Waals surface area (Å²) in [5.41, 5.74) is 2.50. The van der Waals surface area contributed by atoms with Gasteiger partial charge in [-0.2, -0.15) is 23.5 Å². The topological polar surface area (TPSA) is 12.0 Å². The van der Waals surface area contributed by atoms with Crippen LogP contribution < -0.4 is 5.32 Å². The predicted molar refractivity (Wildman–Crippen MR) is 100 cm³/mol. The Hall–Kier alpha value is 0.170. The second-order valence-electron chi connectivity index (χ2n) is 5.88. The van der Waals surface area contributed by atoms with E-state index in [0.717, 1.165) is 28.5 Å². The van der Waals surface area contributed by atoms with Gasteiger partial charge in [0.25, 0.3) is 0 Å². The highest BCUT2D eigenvalue weighted by atomic mass is 35.5. The molecule has 1 nitrogen and oxygen atoms in total. The number of hydrogen-bond donors (Lipinski definition) is 1. The average Bonchev–Trinajstić information content (AvgIpc) is 2.44. The zero-order valence-electron chi connectivity index (χ0n) is 13.4. The highest BCUT2D eigenvalue weighted by Crippen LogP contribution is 2.38. The normalized spacial score (nSPS) is 27.6. The quantitative estimate of drug-likeness (QED) is 0.825. The Balaban J connectivity index is 2.08. The van der Waals surface area contributed by atoms with E-state index in [1.807, 2.05) is 0 Å². The molecule has 0 bridgehead atoms. The smallest absolute Gasteiger partial charge is 0.0441 e. The largest absolute Gasteiger partial charge is 0.313 e. The van der Waals surface area contributed by atoms with Crippen molar-refractivity contribution in [3.63, 3.8) is 0 Å². The van der Waals surface area contributed by atoms with Crippen LogP contribution in [0.5, 0.6) is 0 Å². The molecular weight excluding hydrogens is 318 g/mol. The second-order valence-corrected chi connectivity index (χ2v) is 9.32. The van der Waals surface area contributed by atoms with Crippen LogP contribution in [0.2, 0.25) is 5.02 Å². The van der Waals surface area contributed by atoms with Gasteiger partial charge in [0, 0.05) is 32.6 Å². The minimum Gasteiger partial charge on any atom is -0.313 e. The molecule has 118 valence electrons. The Morgan fingerprint density at radius 1 is 1.33 bits per heavy atom. The Kier molecular flexibility index (Phi) is 6.79. The van der Waals surface area contributed by atoms with E-state index >= 15 is 0 Å². The first kappa shape index (κ1) is 17.5. The molecular formula is C17H26ClNS2. The van der Waals surface area contributed by atoms with Crippen molar-refractivity contribution in [3.05, 3.63) is 34.3 Å². The van der Waals surface area contributed by atoms with E-state index in [-0.39, 0.29) is 0 Å². The molecule has 0 aliphatic carbocycles. The Morgan fingerprint density at radius 3 is 2.71 bits per heavy atom. The molecule has 4 atom stereocenters. The van der Waals surface area contributed by atoms with Crippen LogP contribution in [0.1, 0.15) is 31.9 Å². The number of aryl methyl sites for hydroxylation is 1.